The molecule has 3 aliphatic heterocycles. The number of likely N-dealkylation sites (tertiary alicyclic amines) is 1. The molecule has 228 valence electrons. The van der Waals surface area contributed by atoms with Crippen LogP contribution in [0.1, 0.15) is 61.4 Å². The largest absolute Gasteiger partial charge is 0.416 e. The van der Waals surface area contributed by atoms with Crippen molar-refractivity contribution >= 4 is 40.2 Å². The average molecular weight is 615 g/mol. The highest BCUT2D eigenvalue weighted by molar-refractivity contribution is 6.31. The molecule has 3 aliphatic rings. The molecule has 3 aromatic rings. The van der Waals surface area contributed by atoms with Crippen molar-refractivity contribution in [1.82, 2.24) is 20.1 Å². The van der Waals surface area contributed by atoms with Gasteiger partial charge in [-0.15, -0.1) is 0 Å². The molecule has 43 heavy (non-hydrogen) atoms. The van der Waals surface area contributed by atoms with Gasteiger partial charge < -0.3 is 20.1 Å². The first-order chi connectivity index (χ1) is 20.5. The van der Waals surface area contributed by atoms with Gasteiger partial charge in [-0.05, 0) is 80.5 Å². The average Bonchev–Trinajstić information content (AvgIpc) is 3.36. The Kier molecular flexibility index (Phi) is 7.69. The number of hydrogen-bond acceptors (Lipinski definition) is 3. The summed E-state index contributed by atoms with van der Waals surface area (Å²) in [5, 5.41) is 4.27. The van der Waals surface area contributed by atoms with Crippen molar-refractivity contribution in [2.75, 3.05) is 19.6 Å². The summed E-state index contributed by atoms with van der Waals surface area (Å²) in [4.78, 5) is 48.5. The van der Waals surface area contributed by atoms with Crippen molar-refractivity contribution in [2.24, 2.45) is 11.8 Å². The fourth-order valence-corrected chi connectivity index (χ4v) is 7.41. The molecule has 0 unspecified atom stereocenters. The number of carbonyl (C=O) groups is 3. The highest BCUT2D eigenvalue weighted by Gasteiger charge is 2.57. The molecule has 2 fully saturated rings. The van der Waals surface area contributed by atoms with Crippen molar-refractivity contribution in [3.8, 4) is 0 Å². The van der Waals surface area contributed by atoms with E-state index in [2.05, 4.69) is 10.3 Å². The molecule has 2 N–H and O–H groups in total. The first kappa shape index (κ1) is 29.5. The maximum absolute atomic E-state index is 14.2. The lowest BCUT2D eigenvalue weighted by molar-refractivity contribution is -0.164. The Morgan fingerprint density at radius 3 is 2.60 bits per heavy atom. The number of H-pyrrole nitrogens is 1. The van der Waals surface area contributed by atoms with Crippen LogP contribution < -0.4 is 5.32 Å². The third-order valence-corrected chi connectivity index (χ3v) is 9.71. The molecular weight excluding hydrogens is 581 g/mol. The number of aromatic amines is 1. The van der Waals surface area contributed by atoms with Crippen LogP contribution in [0.2, 0.25) is 5.02 Å². The third kappa shape index (κ3) is 5.39. The molecule has 0 spiro atoms. The summed E-state index contributed by atoms with van der Waals surface area (Å²) >= 11 is 6.33. The van der Waals surface area contributed by atoms with E-state index in [-0.39, 0.29) is 31.2 Å². The molecule has 7 nitrogen and oxygen atoms in total. The van der Waals surface area contributed by atoms with E-state index in [4.69, 9.17) is 11.6 Å². The number of hydrogen-bond donors (Lipinski definition) is 2. The van der Waals surface area contributed by atoms with Crippen molar-refractivity contribution in [2.45, 2.75) is 63.7 Å². The zero-order valence-electron chi connectivity index (χ0n) is 23.9. The van der Waals surface area contributed by atoms with Crippen LogP contribution in [0.25, 0.3) is 10.9 Å². The van der Waals surface area contributed by atoms with Gasteiger partial charge in [0.2, 0.25) is 17.7 Å². The third-order valence-electron chi connectivity index (χ3n) is 9.48. The molecule has 3 amide bonds. The lowest BCUT2D eigenvalue weighted by Crippen LogP contribution is -2.64. The molecule has 6 rings (SSSR count). The van der Waals surface area contributed by atoms with Gasteiger partial charge in [0, 0.05) is 60.1 Å². The van der Waals surface area contributed by atoms with Gasteiger partial charge in [-0.3, -0.25) is 14.4 Å². The Bertz CT molecular complexity index is 1580. The van der Waals surface area contributed by atoms with E-state index < -0.39 is 35.0 Å². The molecule has 0 radical (unpaired) electrons. The lowest BCUT2D eigenvalue weighted by Gasteiger charge is -2.54. The van der Waals surface area contributed by atoms with Gasteiger partial charge in [0.15, 0.2) is 0 Å². The second-order valence-corrected chi connectivity index (χ2v) is 12.5. The molecule has 11 heteroatoms. The number of amides is 3. The normalized spacial score (nSPS) is 24.1. The first-order valence-electron chi connectivity index (χ1n) is 14.8. The summed E-state index contributed by atoms with van der Waals surface area (Å²) in [6, 6.07) is 10.4. The molecule has 4 heterocycles. The summed E-state index contributed by atoms with van der Waals surface area (Å²) in [5.41, 5.74) is 1.38. The zero-order chi connectivity index (χ0) is 30.5. The van der Waals surface area contributed by atoms with Crippen molar-refractivity contribution < 1.29 is 27.6 Å². The summed E-state index contributed by atoms with van der Waals surface area (Å²) in [5.74, 6) is -1.96. The second-order valence-electron chi connectivity index (χ2n) is 12.1. The molecule has 1 aromatic heterocycles. The quantitative estimate of drug-likeness (QED) is 0.381. The topological polar surface area (TPSA) is 85.5 Å². The van der Waals surface area contributed by atoms with E-state index in [1.807, 2.05) is 30.0 Å². The van der Waals surface area contributed by atoms with E-state index in [0.29, 0.717) is 36.6 Å². The predicted octanol–water partition coefficient (Wildman–Crippen LogP) is 5.80. The minimum absolute atomic E-state index is 0.0152. The maximum Gasteiger partial charge on any atom is 0.416 e. The van der Waals surface area contributed by atoms with Crippen LogP contribution in [-0.4, -0.2) is 52.1 Å². The highest BCUT2D eigenvalue weighted by Crippen LogP contribution is 2.50. The van der Waals surface area contributed by atoms with Gasteiger partial charge in [-0.1, -0.05) is 23.7 Å². The zero-order valence-corrected chi connectivity index (χ0v) is 24.7. The Morgan fingerprint density at radius 2 is 1.86 bits per heavy atom. The number of alkyl halides is 3. The summed E-state index contributed by atoms with van der Waals surface area (Å²) < 4.78 is 39.4. The second kappa shape index (κ2) is 11.2. The number of piperidine rings is 2. The number of fused-ring (bicyclic) bond motifs is 5. The predicted molar refractivity (Wildman–Crippen MR) is 156 cm³/mol. The highest BCUT2D eigenvalue weighted by atomic mass is 35.5. The fourth-order valence-electron chi connectivity index (χ4n) is 7.24. The minimum Gasteiger partial charge on any atom is -0.356 e. The Hall–Kier alpha value is -3.53. The van der Waals surface area contributed by atoms with Crippen molar-refractivity contribution in [1.29, 1.82) is 0 Å². The van der Waals surface area contributed by atoms with E-state index >= 15 is 0 Å². The van der Waals surface area contributed by atoms with Crippen LogP contribution in [0.5, 0.6) is 0 Å². The lowest BCUT2D eigenvalue weighted by atomic mass is 9.67. The number of carbonyl (C=O) groups excluding carboxylic acids is 3. The van der Waals surface area contributed by atoms with Crippen molar-refractivity contribution in [3.05, 3.63) is 69.9 Å². The van der Waals surface area contributed by atoms with Gasteiger partial charge in [-0.25, -0.2) is 0 Å². The summed E-state index contributed by atoms with van der Waals surface area (Å²) in [7, 11) is 0. The summed E-state index contributed by atoms with van der Waals surface area (Å²) in [6.45, 7) is 3.58. The monoisotopic (exact) mass is 614 g/mol. The smallest absolute Gasteiger partial charge is 0.356 e. The first-order valence-corrected chi connectivity index (χ1v) is 15.2. The summed E-state index contributed by atoms with van der Waals surface area (Å²) in [6.07, 6.45) is -0.932. The standard InChI is InChI=1S/C32H34ClF3N4O3/c1-31-25(30(43)39-11-3-2-4-12-39)15-20(16-27(41)37-18-19-6-5-7-21(14-19)32(34,35)36)29(42)40(31)13-10-23-24-17-22(33)8-9-26(24)38-28(23)31/h5-9,14,17,20,25,38H,2-4,10-13,15-16,18H2,1H3,(H,37,41)/t20-,25-,31+/m1/s1. The van der Waals surface area contributed by atoms with Crippen LogP contribution in [0, 0.1) is 11.8 Å². The number of halogens is 4. The molecule has 0 bridgehead atoms. The van der Waals surface area contributed by atoms with Gasteiger partial charge in [-0.2, -0.15) is 13.2 Å². The Labute approximate surface area is 252 Å². The van der Waals surface area contributed by atoms with E-state index in [0.717, 1.165) is 53.6 Å². The maximum atomic E-state index is 14.2. The van der Waals surface area contributed by atoms with E-state index in [1.54, 1.807) is 4.90 Å². The van der Waals surface area contributed by atoms with Crippen LogP contribution in [0.15, 0.2) is 42.5 Å². The van der Waals surface area contributed by atoms with Gasteiger partial charge in [0.05, 0.1) is 17.0 Å². The number of nitrogens with one attached hydrogen (secondary N) is 2. The molecule has 2 aromatic carbocycles. The molecule has 0 saturated carbocycles. The Balaban J connectivity index is 1.28. The number of nitrogens with zero attached hydrogens (tertiary/aromatic N) is 2. The van der Waals surface area contributed by atoms with Crippen molar-refractivity contribution in [3.63, 3.8) is 0 Å². The van der Waals surface area contributed by atoms with Crippen LogP contribution >= 0.6 is 11.6 Å². The Morgan fingerprint density at radius 1 is 1.09 bits per heavy atom. The SMILES string of the molecule is C[C@]12c3[nH]c4ccc(Cl)cc4c3CCN1C(=O)[C@@H](CC(=O)NCc1cccc(C(F)(F)F)c1)C[C@@H]2C(=O)N1CCCCC1. The fraction of sp³-hybridized carbons (Fsp3) is 0.469. The molecule has 0 aliphatic carbocycles. The van der Waals surface area contributed by atoms with Crippen LogP contribution in [-0.2, 0) is 39.1 Å². The molecular formula is C32H34ClF3N4O3. The van der Waals surface area contributed by atoms with Crippen LogP contribution in [0.4, 0.5) is 13.2 Å². The van der Waals surface area contributed by atoms with Crippen LogP contribution in [0.3, 0.4) is 0 Å². The minimum atomic E-state index is -4.48. The van der Waals surface area contributed by atoms with E-state index in [1.165, 1.54) is 12.1 Å². The molecule has 2 saturated heterocycles. The number of rotatable bonds is 5. The van der Waals surface area contributed by atoms with E-state index in [9.17, 15) is 27.6 Å². The number of aromatic nitrogens is 1. The van der Waals surface area contributed by atoms with Gasteiger partial charge in [0.25, 0.3) is 0 Å². The molecule has 3 atom stereocenters. The number of benzene rings is 2. The van der Waals surface area contributed by atoms with Gasteiger partial charge >= 0.3 is 6.18 Å². The van der Waals surface area contributed by atoms with Gasteiger partial charge in [0.1, 0.15) is 0 Å².